The highest BCUT2D eigenvalue weighted by molar-refractivity contribution is 6.16. The Morgan fingerprint density at radius 2 is 1.76 bits per heavy atom. The molecule has 1 fully saturated rings. The number of imidazole rings is 1. The molecule has 1 aliphatic heterocycles. The van der Waals surface area contributed by atoms with Gasteiger partial charge >= 0.3 is 0 Å². The zero-order chi connectivity index (χ0) is 35.3. The first kappa shape index (κ1) is 32.6. The first-order valence-corrected chi connectivity index (χ1v) is 16.7. The predicted molar refractivity (Wildman–Crippen MR) is 197 cm³/mol. The summed E-state index contributed by atoms with van der Waals surface area (Å²) in [5.74, 6) is 0.824. The number of amides is 1. The van der Waals surface area contributed by atoms with Gasteiger partial charge in [-0.3, -0.25) is 4.79 Å². The number of aromatic nitrogens is 3. The number of phenolic OH excluding ortho intramolecular Hbond substituents is 1. The molecule has 10 nitrogen and oxygen atoms in total. The summed E-state index contributed by atoms with van der Waals surface area (Å²) in [6.45, 7) is 3.39. The molecule has 1 amide bonds. The fourth-order valence-electron chi connectivity index (χ4n) is 7.05. The fraction of sp³-hybridized carbons (Fsp3) is 0.275. The molecule has 10 heteroatoms. The fourth-order valence-corrected chi connectivity index (χ4v) is 7.05. The van der Waals surface area contributed by atoms with E-state index in [9.17, 15) is 20.4 Å². The van der Waals surface area contributed by atoms with Crippen LogP contribution in [-0.2, 0) is 11.2 Å². The number of fused-ring (bicyclic) bond motifs is 4. The smallest absolute Gasteiger partial charge is 0.232 e. The Labute approximate surface area is 290 Å². The monoisotopic (exact) mass is 662 g/mol. The van der Waals surface area contributed by atoms with E-state index >= 15 is 0 Å². The minimum Gasteiger partial charge on any atom is -0.508 e. The van der Waals surface area contributed by atoms with Gasteiger partial charge in [0.05, 0.1) is 29.1 Å². The molecule has 0 radical (unpaired) electrons. The van der Waals surface area contributed by atoms with Crippen molar-refractivity contribution in [3.8, 4) is 40.1 Å². The molecule has 1 aliphatic rings. The highest BCUT2D eigenvalue weighted by Crippen LogP contribution is 2.47. The molecule has 1 atom stereocenters. The van der Waals surface area contributed by atoms with Crippen molar-refractivity contribution in [3.05, 3.63) is 83.7 Å². The number of aromatic hydroxyl groups is 1. The molecule has 0 aliphatic carbocycles. The Morgan fingerprint density at radius 1 is 0.980 bits per heavy atom. The van der Waals surface area contributed by atoms with Crippen molar-refractivity contribution in [1.29, 1.82) is 10.5 Å². The van der Waals surface area contributed by atoms with Crippen LogP contribution in [0, 0.1) is 22.7 Å². The van der Waals surface area contributed by atoms with Crippen LogP contribution in [0.2, 0.25) is 0 Å². The Hall–Kier alpha value is -5.97. The Balaban J connectivity index is 1.64. The van der Waals surface area contributed by atoms with E-state index in [-0.39, 0.29) is 18.1 Å². The molecule has 3 heterocycles. The zero-order valence-corrected chi connectivity index (χ0v) is 28.8. The maximum absolute atomic E-state index is 13.2. The van der Waals surface area contributed by atoms with E-state index in [2.05, 4.69) is 47.1 Å². The van der Waals surface area contributed by atoms with Gasteiger partial charge in [-0.25, -0.2) is 9.97 Å². The number of pyridine rings is 1. The van der Waals surface area contributed by atoms with Crippen molar-refractivity contribution in [2.75, 3.05) is 46.2 Å². The van der Waals surface area contributed by atoms with Crippen LogP contribution in [0.25, 0.3) is 55.0 Å². The van der Waals surface area contributed by atoms with Crippen molar-refractivity contribution in [1.82, 2.24) is 24.8 Å². The molecule has 0 spiro atoms. The second-order valence-corrected chi connectivity index (χ2v) is 13.5. The number of carbonyl (C=O) groups excluding carboxylic acids is 1. The maximum atomic E-state index is 13.2. The number of nitrogens with zero attached hydrogens (tertiary/aromatic N) is 7. The molecule has 2 aromatic heterocycles. The molecule has 6 aromatic rings. The minimum atomic E-state index is -0.519. The summed E-state index contributed by atoms with van der Waals surface area (Å²) in [5, 5.41) is 33.4. The lowest BCUT2D eigenvalue weighted by atomic mass is 9.84. The number of aryl methyl sites for hydroxylation is 1. The number of benzene rings is 4. The van der Waals surface area contributed by atoms with E-state index in [0.717, 1.165) is 68.4 Å². The lowest BCUT2D eigenvalue weighted by Crippen LogP contribution is -2.57. The van der Waals surface area contributed by atoms with E-state index in [1.54, 1.807) is 37.2 Å². The van der Waals surface area contributed by atoms with Crippen molar-refractivity contribution in [2.24, 2.45) is 0 Å². The summed E-state index contributed by atoms with van der Waals surface area (Å²) in [4.78, 5) is 33.2. The van der Waals surface area contributed by atoms with Gasteiger partial charge in [-0.05, 0) is 90.8 Å². The van der Waals surface area contributed by atoms with Gasteiger partial charge in [0.25, 0.3) is 0 Å². The first-order chi connectivity index (χ1) is 24.1. The zero-order valence-electron chi connectivity index (χ0n) is 28.8. The summed E-state index contributed by atoms with van der Waals surface area (Å²) in [7, 11) is 7.62. The number of H-pyrrole nitrogens is 1. The average Bonchev–Trinajstić information content (AvgIpc) is 3.54. The van der Waals surface area contributed by atoms with Gasteiger partial charge in [-0.1, -0.05) is 36.4 Å². The molecule has 4 aromatic carbocycles. The van der Waals surface area contributed by atoms with E-state index < -0.39 is 5.92 Å². The van der Waals surface area contributed by atoms with Crippen molar-refractivity contribution in [3.63, 3.8) is 0 Å². The van der Waals surface area contributed by atoms with Crippen LogP contribution in [0.3, 0.4) is 0 Å². The molecule has 1 unspecified atom stereocenters. The number of nitrogens with one attached hydrogen (secondary N) is 1. The predicted octanol–water partition coefficient (Wildman–Crippen LogP) is 6.57. The topological polar surface area (TPSA) is 136 Å². The van der Waals surface area contributed by atoms with Gasteiger partial charge in [0.1, 0.15) is 22.6 Å². The normalized spacial score (nSPS) is 13.8. The molecule has 1 saturated heterocycles. The molecule has 250 valence electrons. The van der Waals surface area contributed by atoms with E-state index in [4.69, 9.17) is 9.97 Å². The number of rotatable bonds is 8. The number of hydrogen-bond donors (Lipinski definition) is 2. The molecular formula is C40H38N8O2. The summed E-state index contributed by atoms with van der Waals surface area (Å²) in [6.07, 6.45) is 0.699. The highest BCUT2D eigenvalue weighted by atomic mass is 16.3. The Morgan fingerprint density at radius 3 is 2.48 bits per heavy atom. The number of nitriles is 2. The van der Waals surface area contributed by atoms with Gasteiger partial charge in [0.2, 0.25) is 5.91 Å². The summed E-state index contributed by atoms with van der Waals surface area (Å²) < 4.78 is 0. The third-order valence-corrected chi connectivity index (χ3v) is 9.82. The number of carbonyl (C=O) groups is 1. The SMILES string of the molecule is CC(C(=O)N(C)C)c1nc2c([nH]1)c(N1CC(N(C)C)C1)nc1c(-c3cccc(C#N)c3)c(-c3cc(O)cc4ccccc34)c(CCC#N)cc12. The van der Waals surface area contributed by atoms with E-state index in [0.29, 0.717) is 34.9 Å². The number of anilines is 1. The maximum Gasteiger partial charge on any atom is 0.232 e. The molecule has 2 N–H and O–H groups in total. The molecule has 7 rings (SSSR count). The van der Waals surface area contributed by atoms with Crippen LogP contribution in [0.15, 0.2) is 66.7 Å². The number of likely N-dealkylation sites (N-methyl/N-ethyl adjacent to an activating group) is 2. The van der Waals surface area contributed by atoms with Crippen LogP contribution < -0.4 is 4.90 Å². The number of aromatic amines is 1. The summed E-state index contributed by atoms with van der Waals surface area (Å²) in [6, 6.07) is 25.9. The molecule has 0 saturated carbocycles. The first-order valence-electron chi connectivity index (χ1n) is 16.7. The lowest BCUT2D eigenvalue weighted by molar-refractivity contribution is -0.130. The van der Waals surface area contributed by atoms with Crippen molar-refractivity contribution < 1.29 is 9.90 Å². The Kier molecular flexibility index (Phi) is 8.35. The van der Waals surface area contributed by atoms with Crippen LogP contribution in [0.5, 0.6) is 5.75 Å². The van der Waals surface area contributed by atoms with Crippen molar-refractivity contribution >= 4 is 44.4 Å². The van der Waals surface area contributed by atoms with Gasteiger partial charge in [0.15, 0.2) is 5.82 Å². The van der Waals surface area contributed by atoms with E-state index in [1.807, 2.05) is 49.4 Å². The van der Waals surface area contributed by atoms with Gasteiger partial charge in [-0.15, -0.1) is 0 Å². The minimum absolute atomic E-state index is 0.0683. The summed E-state index contributed by atoms with van der Waals surface area (Å²) >= 11 is 0. The standard InChI is InChI=1S/C40H38N8O2/c1-23(40(50)47(4)5)38-43-36-32-18-27(13-9-15-41)33(31-19-29(49)17-25-11-6-7-14-30(25)31)34(26-12-8-10-24(16-26)20-42)35(32)45-39(37(36)44-38)48-21-28(22-48)46(2)3/h6-8,10-12,14,16-19,23,28,49H,9,13,21-22H2,1-5H3,(H,43,44). The third kappa shape index (κ3) is 5.54. The molecule has 50 heavy (non-hydrogen) atoms. The quantitative estimate of drug-likeness (QED) is 0.187. The van der Waals surface area contributed by atoms with E-state index in [1.165, 1.54) is 0 Å². The second-order valence-electron chi connectivity index (χ2n) is 13.5. The number of hydrogen-bond acceptors (Lipinski definition) is 8. The van der Waals surface area contributed by atoms with Gasteiger partial charge in [0, 0.05) is 50.6 Å². The van der Waals surface area contributed by atoms with Crippen LogP contribution in [-0.4, -0.2) is 83.1 Å². The van der Waals surface area contributed by atoms with Crippen molar-refractivity contribution in [2.45, 2.75) is 31.7 Å². The molecular weight excluding hydrogens is 624 g/mol. The highest BCUT2D eigenvalue weighted by Gasteiger charge is 2.33. The largest absolute Gasteiger partial charge is 0.508 e. The van der Waals surface area contributed by atoms with Crippen LogP contribution >= 0.6 is 0 Å². The second kappa shape index (κ2) is 12.8. The average molecular weight is 663 g/mol. The Bertz CT molecular complexity index is 2390. The van der Waals surface area contributed by atoms with Gasteiger partial charge in [-0.2, -0.15) is 10.5 Å². The van der Waals surface area contributed by atoms with Crippen LogP contribution in [0.4, 0.5) is 5.82 Å². The van der Waals surface area contributed by atoms with Crippen LogP contribution in [0.1, 0.15) is 36.2 Å². The third-order valence-electron chi connectivity index (χ3n) is 9.82. The summed E-state index contributed by atoms with van der Waals surface area (Å²) in [5.41, 5.74) is 6.74. The lowest BCUT2D eigenvalue weighted by Gasteiger charge is -2.43. The number of phenols is 1. The molecule has 0 bridgehead atoms. The van der Waals surface area contributed by atoms with Gasteiger partial charge < -0.3 is 24.8 Å².